The van der Waals surface area contributed by atoms with Gasteiger partial charge in [-0.05, 0) is 54.4 Å². The van der Waals surface area contributed by atoms with E-state index in [4.69, 9.17) is 9.47 Å². The van der Waals surface area contributed by atoms with E-state index in [-0.39, 0.29) is 0 Å². The van der Waals surface area contributed by atoms with E-state index in [1.807, 2.05) is 84.9 Å². The standard InChI is InChI=1S/C31H24O2/c1-23-17-19-24(20-18-23)28-21-22-29(32-26-13-7-3-8-14-26)30(25-11-5-2-6-12-25)31(28)33-27-15-9-4-10-16-27/h2-22H,1H3. The fourth-order valence-corrected chi connectivity index (χ4v) is 3.82. The zero-order chi connectivity index (χ0) is 22.5. The van der Waals surface area contributed by atoms with Crippen molar-refractivity contribution in [1.82, 2.24) is 0 Å². The fourth-order valence-electron chi connectivity index (χ4n) is 3.82. The van der Waals surface area contributed by atoms with Crippen LogP contribution in [0, 0.1) is 6.92 Å². The van der Waals surface area contributed by atoms with Gasteiger partial charge in [-0.3, -0.25) is 0 Å². The first-order valence-corrected chi connectivity index (χ1v) is 11.0. The molecule has 0 aromatic heterocycles. The van der Waals surface area contributed by atoms with Crippen LogP contribution in [0.15, 0.2) is 127 Å². The Morgan fingerprint density at radius 2 is 1.00 bits per heavy atom. The lowest BCUT2D eigenvalue weighted by molar-refractivity contribution is 0.465. The van der Waals surface area contributed by atoms with Crippen molar-refractivity contribution in [3.8, 4) is 45.3 Å². The first-order chi connectivity index (χ1) is 16.3. The molecule has 5 rings (SSSR count). The Labute approximate surface area is 194 Å². The molecule has 2 nitrogen and oxygen atoms in total. The Hall–Kier alpha value is -4.30. The topological polar surface area (TPSA) is 18.5 Å². The predicted octanol–water partition coefficient (Wildman–Crippen LogP) is 8.91. The van der Waals surface area contributed by atoms with Gasteiger partial charge in [-0.25, -0.2) is 0 Å². The van der Waals surface area contributed by atoms with Crippen molar-refractivity contribution < 1.29 is 9.47 Å². The third kappa shape index (κ3) is 4.65. The van der Waals surface area contributed by atoms with Crippen LogP contribution in [0.25, 0.3) is 22.3 Å². The van der Waals surface area contributed by atoms with Crippen molar-refractivity contribution in [2.45, 2.75) is 6.92 Å². The number of para-hydroxylation sites is 2. The molecular formula is C31H24O2. The number of hydrogen-bond acceptors (Lipinski definition) is 2. The number of benzene rings is 5. The Bertz CT molecular complexity index is 1330. The highest BCUT2D eigenvalue weighted by molar-refractivity contribution is 5.87. The van der Waals surface area contributed by atoms with Gasteiger partial charge in [-0.1, -0.05) is 96.6 Å². The van der Waals surface area contributed by atoms with Crippen LogP contribution in [0.5, 0.6) is 23.0 Å². The Morgan fingerprint density at radius 1 is 0.455 bits per heavy atom. The molecule has 160 valence electrons. The summed E-state index contributed by atoms with van der Waals surface area (Å²) in [6.07, 6.45) is 0. The van der Waals surface area contributed by atoms with E-state index in [1.54, 1.807) is 0 Å². The molecule has 0 aliphatic heterocycles. The molecule has 5 aromatic rings. The minimum absolute atomic E-state index is 0.745. The first kappa shape index (κ1) is 20.6. The molecule has 0 spiro atoms. The van der Waals surface area contributed by atoms with E-state index < -0.39 is 0 Å². The zero-order valence-electron chi connectivity index (χ0n) is 18.4. The average Bonchev–Trinajstić information content (AvgIpc) is 2.87. The van der Waals surface area contributed by atoms with Crippen LogP contribution in [-0.2, 0) is 0 Å². The van der Waals surface area contributed by atoms with E-state index in [2.05, 4.69) is 49.4 Å². The maximum Gasteiger partial charge on any atom is 0.146 e. The minimum Gasteiger partial charge on any atom is -0.457 e. The number of hydrogen-bond donors (Lipinski definition) is 0. The molecule has 0 atom stereocenters. The molecule has 2 heteroatoms. The quantitative estimate of drug-likeness (QED) is 0.269. The Morgan fingerprint density at radius 3 is 1.61 bits per heavy atom. The fraction of sp³-hybridized carbons (Fsp3) is 0.0323. The lowest BCUT2D eigenvalue weighted by Crippen LogP contribution is -1.96. The van der Waals surface area contributed by atoms with E-state index in [0.29, 0.717) is 0 Å². The van der Waals surface area contributed by atoms with Gasteiger partial charge in [0.15, 0.2) is 0 Å². The molecule has 0 saturated heterocycles. The first-order valence-electron chi connectivity index (χ1n) is 11.0. The molecule has 0 unspecified atom stereocenters. The molecule has 0 N–H and O–H groups in total. The monoisotopic (exact) mass is 428 g/mol. The molecule has 0 amide bonds. The smallest absolute Gasteiger partial charge is 0.146 e. The van der Waals surface area contributed by atoms with Crippen molar-refractivity contribution in [1.29, 1.82) is 0 Å². The molecule has 0 aliphatic rings. The van der Waals surface area contributed by atoms with Gasteiger partial charge in [0.25, 0.3) is 0 Å². The molecule has 0 radical (unpaired) electrons. The zero-order valence-corrected chi connectivity index (χ0v) is 18.4. The molecular weight excluding hydrogens is 404 g/mol. The SMILES string of the molecule is Cc1ccc(-c2ccc(Oc3ccccc3)c(-c3ccccc3)c2Oc2ccccc2)cc1. The van der Waals surface area contributed by atoms with Gasteiger partial charge in [0, 0.05) is 5.56 Å². The number of ether oxygens (including phenoxy) is 2. The molecule has 0 fully saturated rings. The minimum atomic E-state index is 0.745. The summed E-state index contributed by atoms with van der Waals surface area (Å²) in [6, 6.07) is 42.6. The van der Waals surface area contributed by atoms with Crippen LogP contribution < -0.4 is 9.47 Å². The van der Waals surface area contributed by atoms with Crippen molar-refractivity contribution in [2.75, 3.05) is 0 Å². The van der Waals surface area contributed by atoms with Crippen molar-refractivity contribution in [3.05, 3.63) is 133 Å². The summed E-state index contributed by atoms with van der Waals surface area (Å²) < 4.78 is 13.0. The van der Waals surface area contributed by atoms with Crippen molar-refractivity contribution >= 4 is 0 Å². The van der Waals surface area contributed by atoms with Gasteiger partial charge in [-0.2, -0.15) is 0 Å². The van der Waals surface area contributed by atoms with Gasteiger partial charge in [0.05, 0.1) is 5.56 Å². The van der Waals surface area contributed by atoms with E-state index in [1.165, 1.54) is 5.56 Å². The van der Waals surface area contributed by atoms with Gasteiger partial charge in [0.1, 0.15) is 23.0 Å². The normalized spacial score (nSPS) is 10.6. The van der Waals surface area contributed by atoms with E-state index in [9.17, 15) is 0 Å². The van der Waals surface area contributed by atoms with Gasteiger partial charge < -0.3 is 9.47 Å². The summed E-state index contributed by atoms with van der Waals surface area (Å²) in [5.41, 5.74) is 5.27. The molecule has 0 aliphatic carbocycles. The van der Waals surface area contributed by atoms with Crippen LogP contribution in [0.3, 0.4) is 0 Å². The second kappa shape index (κ2) is 9.46. The molecule has 0 bridgehead atoms. The average molecular weight is 429 g/mol. The van der Waals surface area contributed by atoms with Crippen LogP contribution >= 0.6 is 0 Å². The lowest BCUT2D eigenvalue weighted by atomic mass is 9.95. The predicted molar refractivity (Wildman–Crippen MR) is 135 cm³/mol. The molecule has 0 heterocycles. The van der Waals surface area contributed by atoms with Gasteiger partial charge in [-0.15, -0.1) is 0 Å². The summed E-state index contributed by atoms with van der Waals surface area (Å²) in [4.78, 5) is 0. The highest BCUT2D eigenvalue weighted by Crippen LogP contribution is 2.47. The second-order valence-corrected chi connectivity index (χ2v) is 7.88. The Balaban J connectivity index is 1.74. The maximum atomic E-state index is 6.58. The summed E-state index contributed by atoms with van der Waals surface area (Å²) in [5.74, 6) is 3.07. The van der Waals surface area contributed by atoms with Crippen LogP contribution in [0.1, 0.15) is 5.56 Å². The highest BCUT2D eigenvalue weighted by atomic mass is 16.5. The van der Waals surface area contributed by atoms with E-state index in [0.717, 1.165) is 45.3 Å². The second-order valence-electron chi connectivity index (χ2n) is 7.88. The van der Waals surface area contributed by atoms with Crippen molar-refractivity contribution in [3.63, 3.8) is 0 Å². The summed E-state index contributed by atoms with van der Waals surface area (Å²) in [5, 5.41) is 0. The van der Waals surface area contributed by atoms with Crippen LogP contribution in [0.4, 0.5) is 0 Å². The summed E-state index contributed by atoms with van der Waals surface area (Å²) in [7, 11) is 0. The number of aryl methyl sites for hydroxylation is 1. The molecule has 0 saturated carbocycles. The van der Waals surface area contributed by atoms with Gasteiger partial charge in [0.2, 0.25) is 0 Å². The Kier molecular flexibility index (Phi) is 5.90. The summed E-state index contributed by atoms with van der Waals surface area (Å²) in [6.45, 7) is 2.09. The molecule has 33 heavy (non-hydrogen) atoms. The lowest BCUT2D eigenvalue weighted by Gasteiger charge is -2.20. The van der Waals surface area contributed by atoms with Crippen LogP contribution in [0.2, 0.25) is 0 Å². The third-order valence-corrected chi connectivity index (χ3v) is 5.48. The third-order valence-electron chi connectivity index (χ3n) is 5.48. The summed E-state index contributed by atoms with van der Waals surface area (Å²) >= 11 is 0. The van der Waals surface area contributed by atoms with Crippen LogP contribution in [-0.4, -0.2) is 0 Å². The van der Waals surface area contributed by atoms with Gasteiger partial charge >= 0.3 is 0 Å². The molecule has 5 aromatic carbocycles. The maximum absolute atomic E-state index is 6.58. The highest BCUT2D eigenvalue weighted by Gasteiger charge is 2.20. The largest absolute Gasteiger partial charge is 0.457 e. The van der Waals surface area contributed by atoms with E-state index >= 15 is 0 Å². The number of rotatable bonds is 6. The van der Waals surface area contributed by atoms with Crippen molar-refractivity contribution in [2.24, 2.45) is 0 Å².